The lowest BCUT2D eigenvalue weighted by atomic mass is 10.0. The molecule has 1 aliphatic heterocycles. The van der Waals surface area contributed by atoms with Crippen LogP contribution in [0.5, 0.6) is 0 Å². The van der Waals surface area contributed by atoms with Gasteiger partial charge in [0, 0.05) is 31.6 Å². The van der Waals surface area contributed by atoms with Crippen molar-refractivity contribution in [1.82, 2.24) is 19.9 Å². The highest BCUT2D eigenvalue weighted by atomic mass is 19.1. The molecule has 7 heteroatoms. The summed E-state index contributed by atoms with van der Waals surface area (Å²) < 4.78 is 19.1. The number of rotatable bonds is 5. The molecule has 2 heterocycles. The van der Waals surface area contributed by atoms with Crippen molar-refractivity contribution >= 4 is 0 Å². The molecule has 0 amide bonds. The Morgan fingerprint density at radius 1 is 1.48 bits per heavy atom. The summed E-state index contributed by atoms with van der Waals surface area (Å²) in [6.45, 7) is 4.81. The topological polar surface area (TPSA) is 69.2 Å². The zero-order chi connectivity index (χ0) is 17.8. The van der Waals surface area contributed by atoms with Crippen molar-refractivity contribution in [3.8, 4) is 6.07 Å². The quantitative estimate of drug-likeness (QED) is 0.831. The van der Waals surface area contributed by atoms with Crippen LogP contribution in [0, 0.1) is 24.1 Å². The Labute approximate surface area is 146 Å². The summed E-state index contributed by atoms with van der Waals surface area (Å²) in [6.07, 6.45) is 2.14. The van der Waals surface area contributed by atoms with Crippen molar-refractivity contribution in [3.05, 3.63) is 46.9 Å². The largest absolute Gasteiger partial charge is 0.340 e. The Morgan fingerprint density at radius 3 is 3.04 bits per heavy atom. The number of likely N-dealkylation sites (N-methyl/N-ethyl adjacent to an activating group) is 1. The minimum Gasteiger partial charge on any atom is -0.340 e. The van der Waals surface area contributed by atoms with Gasteiger partial charge in [-0.05, 0) is 44.6 Å². The lowest BCUT2D eigenvalue weighted by Crippen LogP contribution is -2.46. The number of likely N-dealkylation sites (tertiary alicyclic amines) is 1. The minimum absolute atomic E-state index is 0.263. The molecule has 2 aromatic rings. The Hall–Kier alpha value is -2.30. The van der Waals surface area contributed by atoms with Gasteiger partial charge in [0.1, 0.15) is 5.82 Å². The van der Waals surface area contributed by atoms with Crippen LogP contribution in [0.1, 0.15) is 35.7 Å². The summed E-state index contributed by atoms with van der Waals surface area (Å²) in [7, 11) is 2.01. The summed E-state index contributed by atoms with van der Waals surface area (Å²) >= 11 is 0. The fraction of sp³-hybridized carbons (Fsp3) is 0.500. The summed E-state index contributed by atoms with van der Waals surface area (Å²) in [6, 6.07) is 6.90. The third kappa shape index (κ3) is 4.41. The zero-order valence-corrected chi connectivity index (χ0v) is 14.6. The minimum atomic E-state index is -0.263. The smallest absolute Gasteiger partial charge is 0.223 e. The fourth-order valence-electron chi connectivity index (χ4n) is 3.30. The molecule has 25 heavy (non-hydrogen) atoms. The average molecular weight is 343 g/mol. The molecule has 0 aliphatic carbocycles. The third-order valence-electron chi connectivity index (χ3n) is 4.63. The summed E-state index contributed by atoms with van der Waals surface area (Å²) in [5, 5.41) is 13.0. The predicted octanol–water partition coefficient (Wildman–Crippen LogP) is 2.49. The van der Waals surface area contributed by atoms with Crippen molar-refractivity contribution in [2.45, 2.75) is 38.9 Å². The van der Waals surface area contributed by atoms with Crippen LogP contribution in [-0.4, -0.2) is 46.1 Å². The molecule has 1 atom stereocenters. The molecule has 6 nitrogen and oxygen atoms in total. The number of nitrogens with zero attached hydrogens (tertiary/aromatic N) is 5. The Balaban J connectivity index is 1.62. The molecule has 0 saturated carbocycles. The highest BCUT2D eigenvalue weighted by Crippen LogP contribution is 2.20. The molecule has 1 aromatic heterocycles. The molecular weight excluding hydrogens is 321 g/mol. The number of nitriles is 1. The monoisotopic (exact) mass is 343 g/mol. The van der Waals surface area contributed by atoms with E-state index in [1.165, 1.54) is 12.1 Å². The Morgan fingerprint density at radius 2 is 2.32 bits per heavy atom. The number of hydrogen-bond acceptors (Lipinski definition) is 6. The second-order valence-corrected chi connectivity index (χ2v) is 6.59. The van der Waals surface area contributed by atoms with E-state index < -0.39 is 0 Å². The van der Waals surface area contributed by atoms with Gasteiger partial charge in [-0.1, -0.05) is 5.16 Å². The molecule has 0 unspecified atom stereocenters. The maximum atomic E-state index is 14.0. The van der Waals surface area contributed by atoms with Gasteiger partial charge in [-0.3, -0.25) is 9.80 Å². The van der Waals surface area contributed by atoms with E-state index in [1.54, 1.807) is 13.0 Å². The highest BCUT2D eigenvalue weighted by Gasteiger charge is 2.24. The van der Waals surface area contributed by atoms with E-state index >= 15 is 0 Å². The highest BCUT2D eigenvalue weighted by molar-refractivity contribution is 5.33. The van der Waals surface area contributed by atoms with E-state index in [1.807, 2.05) is 7.05 Å². The van der Waals surface area contributed by atoms with Crippen LogP contribution >= 0.6 is 0 Å². The number of benzene rings is 1. The van der Waals surface area contributed by atoms with E-state index in [-0.39, 0.29) is 5.82 Å². The molecule has 0 bridgehead atoms. The van der Waals surface area contributed by atoms with E-state index in [2.05, 4.69) is 26.0 Å². The van der Waals surface area contributed by atoms with Crippen LogP contribution in [0.15, 0.2) is 22.7 Å². The SMILES string of the molecule is Cc1nc(CN2CCC[C@@H](N(C)Cc3cc(C#N)ccc3F)C2)no1. The van der Waals surface area contributed by atoms with Crippen LogP contribution in [0.2, 0.25) is 0 Å². The van der Waals surface area contributed by atoms with Crippen LogP contribution in [-0.2, 0) is 13.1 Å². The van der Waals surface area contributed by atoms with Crippen LogP contribution in [0.4, 0.5) is 4.39 Å². The maximum Gasteiger partial charge on any atom is 0.223 e. The normalized spacial score (nSPS) is 18.4. The number of halogens is 1. The van der Waals surface area contributed by atoms with Gasteiger partial charge in [0.2, 0.25) is 5.89 Å². The standard InChI is InChI=1S/C18H22FN5O/c1-13-21-18(22-25-13)12-24-7-3-4-16(11-24)23(2)10-15-8-14(9-20)5-6-17(15)19/h5-6,8,16H,3-4,7,10-12H2,1-2H3/t16-/m1/s1. The Kier molecular flexibility index (Phi) is 5.41. The number of aromatic nitrogens is 2. The fourth-order valence-corrected chi connectivity index (χ4v) is 3.30. The van der Waals surface area contributed by atoms with Gasteiger partial charge in [-0.15, -0.1) is 0 Å². The van der Waals surface area contributed by atoms with Gasteiger partial charge in [0.05, 0.1) is 18.2 Å². The first-order valence-electron chi connectivity index (χ1n) is 8.45. The van der Waals surface area contributed by atoms with Crippen molar-refractivity contribution in [1.29, 1.82) is 5.26 Å². The first-order chi connectivity index (χ1) is 12.0. The molecule has 1 fully saturated rings. The summed E-state index contributed by atoms with van der Waals surface area (Å²) in [4.78, 5) is 8.72. The molecule has 0 radical (unpaired) electrons. The third-order valence-corrected chi connectivity index (χ3v) is 4.63. The zero-order valence-electron chi connectivity index (χ0n) is 14.6. The van der Waals surface area contributed by atoms with Gasteiger partial charge in [-0.25, -0.2) is 4.39 Å². The first kappa shape index (κ1) is 17.5. The molecule has 1 saturated heterocycles. The van der Waals surface area contributed by atoms with Gasteiger partial charge in [0.15, 0.2) is 5.82 Å². The van der Waals surface area contributed by atoms with Crippen molar-refractivity contribution in [3.63, 3.8) is 0 Å². The van der Waals surface area contributed by atoms with Gasteiger partial charge < -0.3 is 4.52 Å². The van der Waals surface area contributed by atoms with Crippen LogP contribution in [0.25, 0.3) is 0 Å². The number of piperidine rings is 1. The molecule has 1 aliphatic rings. The summed E-state index contributed by atoms with van der Waals surface area (Å²) in [5.74, 6) is 1.02. The van der Waals surface area contributed by atoms with E-state index in [4.69, 9.17) is 9.78 Å². The van der Waals surface area contributed by atoms with Crippen molar-refractivity contribution in [2.75, 3.05) is 20.1 Å². The molecule has 3 rings (SSSR count). The molecule has 0 spiro atoms. The number of aryl methyl sites for hydroxylation is 1. The lowest BCUT2D eigenvalue weighted by Gasteiger charge is -2.37. The van der Waals surface area contributed by atoms with Gasteiger partial charge in [-0.2, -0.15) is 10.2 Å². The van der Waals surface area contributed by atoms with Gasteiger partial charge in [0.25, 0.3) is 0 Å². The van der Waals surface area contributed by atoms with Gasteiger partial charge >= 0.3 is 0 Å². The van der Waals surface area contributed by atoms with E-state index in [0.29, 0.717) is 42.0 Å². The Bertz CT molecular complexity index is 769. The van der Waals surface area contributed by atoms with Crippen molar-refractivity contribution in [2.24, 2.45) is 0 Å². The lowest BCUT2D eigenvalue weighted by molar-refractivity contribution is 0.104. The summed E-state index contributed by atoms with van der Waals surface area (Å²) in [5.41, 5.74) is 1.05. The molecule has 132 valence electrons. The maximum absolute atomic E-state index is 14.0. The second-order valence-electron chi connectivity index (χ2n) is 6.59. The second kappa shape index (κ2) is 7.72. The molecular formula is C18H22FN5O. The molecule has 0 N–H and O–H groups in total. The van der Waals surface area contributed by atoms with Crippen LogP contribution < -0.4 is 0 Å². The van der Waals surface area contributed by atoms with E-state index in [0.717, 1.165) is 25.9 Å². The predicted molar refractivity (Wildman–Crippen MR) is 89.9 cm³/mol. The van der Waals surface area contributed by atoms with E-state index in [9.17, 15) is 4.39 Å². The molecule has 1 aromatic carbocycles. The average Bonchev–Trinajstić information content (AvgIpc) is 3.02. The first-order valence-corrected chi connectivity index (χ1v) is 8.45. The number of hydrogen-bond donors (Lipinski definition) is 0. The van der Waals surface area contributed by atoms with Crippen LogP contribution in [0.3, 0.4) is 0 Å². The van der Waals surface area contributed by atoms with Crippen molar-refractivity contribution < 1.29 is 8.91 Å².